The fourth-order valence-electron chi connectivity index (χ4n) is 1.77. The van der Waals surface area contributed by atoms with Crippen LogP contribution in [-0.2, 0) is 13.0 Å². The van der Waals surface area contributed by atoms with Gasteiger partial charge in [0.15, 0.2) is 0 Å². The standard InChI is InChI=1S/C15H17ClN2O/c1-19-15-4-2-3-14(18-15)11-17-10-9-12-5-7-13(16)8-6-12/h2-8,17H,9-11H2,1H3. The van der Waals surface area contributed by atoms with E-state index in [4.69, 9.17) is 16.3 Å². The fraction of sp³-hybridized carbons (Fsp3) is 0.267. The van der Waals surface area contributed by atoms with E-state index in [1.165, 1.54) is 5.56 Å². The molecule has 0 unspecified atom stereocenters. The highest BCUT2D eigenvalue weighted by molar-refractivity contribution is 6.30. The molecule has 4 heteroatoms. The average Bonchev–Trinajstić information content (AvgIpc) is 2.46. The van der Waals surface area contributed by atoms with Crippen LogP contribution in [0.15, 0.2) is 42.5 Å². The van der Waals surface area contributed by atoms with E-state index in [2.05, 4.69) is 10.3 Å². The number of rotatable bonds is 6. The van der Waals surface area contributed by atoms with E-state index in [0.29, 0.717) is 5.88 Å². The first-order valence-corrected chi connectivity index (χ1v) is 6.61. The van der Waals surface area contributed by atoms with Crippen LogP contribution in [0.2, 0.25) is 5.02 Å². The third kappa shape index (κ3) is 4.54. The van der Waals surface area contributed by atoms with Crippen molar-refractivity contribution in [2.75, 3.05) is 13.7 Å². The van der Waals surface area contributed by atoms with Crippen molar-refractivity contribution in [3.8, 4) is 5.88 Å². The van der Waals surface area contributed by atoms with E-state index >= 15 is 0 Å². The quantitative estimate of drug-likeness (QED) is 0.824. The summed E-state index contributed by atoms with van der Waals surface area (Å²) in [7, 11) is 1.63. The van der Waals surface area contributed by atoms with Gasteiger partial charge in [-0.05, 0) is 36.7 Å². The lowest BCUT2D eigenvalue weighted by atomic mass is 10.1. The van der Waals surface area contributed by atoms with Crippen LogP contribution in [0.4, 0.5) is 0 Å². The molecule has 0 fully saturated rings. The third-order valence-corrected chi connectivity index (χ3v) is 3.05. The normalized spacial score (nSPS) is 10.4. The number of halogens is 1. The predicted molar refractivity (Wildman–Crippen MR) is 77.7 cm³/mol. The first kappa shape index (κ1) is 13.8. The molecule has 3 nitrogen and oxygen atoms in total. The summed E-state index contributed by atoms with van der Waals surface area (Å²) in [4.78, 5) is 4.35. The van der Waals surface area contributed by atoms with E-state index in [1.807, 2.05) is 42.5 Å². The third-order valence-electron chi connectivity index (χ3n) is 2.80. The second-order valence-electron chi connectivity index (χ2n) is 4.22. The van der Waals surface area contributed by atoms with Crippen molar-refractivity contribution in [1.82, 2.24) is 10.3 Å². The molecular weight excluding hydrogens is 260 g/mol. The molecule has 0 aliphatic heterocycles. The molecule has 0 atom stereocenters. The number of pyridine rings is 1. The minimum atomic E-state index is 0.650. The molecule has 0 bridgehead atoms. The van der Waals surface area contributed by atoms with Crippen LogP contribution >= 0.6 is 11.6 Å². The van der Waals surface area contributed by atoms with Gasteiger partial charge < -0.3 is 10.1 Å². The maximum absolute atomic E-state index is 5.85. The molecule has 0 aliphatic rings. The number of ether oxygens (including phenoxy) is 1. The van der Waals surface area contributed by atoms with Gasteiger partial charge in [-0.15, -0.1) is 0 Å². The molecule has 19 heavy (non-hydrogen) atoms. The Morgan fingerprint density at radius 2 is 1.95 bits per heavy atom. The molecule has 0 spiro atoms. The Morgan fingerprint density at radius 1 is 1.16 bits per heavy atom. The molecule has 0 saturated carbocycles. The number of nitrogens with one attached hydrogen (secondary N) is 1. The van der Waals surface area contributed by atoms with Gasteiger partial charge in [0.05, 0.1) is 12.8 Å². The Bertz CT molecular complexity index is 514. The van der Waals surface area contributed by atoms with E-state index in [-0.39, 0.29) is 0 Å². The number of aromatic nitrogens is 1. The zero-order chi connectivity index (χ0) is 13.5. The van der Waals surface area contributed by atoms with Crippen LogP contribution in [0.3, 0.4) is 0 Å². The number of benzene rings is 1. The predicted octanol–water partition coefficient (Wildman–Crippen LogP) is 3.08. The first-order valence-electron chi connectivity index (χ1n) is 6.23. The highest BCUT2D eigenvalue weighted by atomic mass is 35.5. The molecular formula is C15H17ClN2O. The van der Waals surface area contributed by atoms with Gasteiger partial charge in [0.2, 0.25) is 5.88 Å². The van der Waals surface area contributed by atoms with Crippen molar-refractivity contribution in [3.05, 3.63) is 58.7 Å². The van der Waals surface area contributed by atoms with Crippen molar-refractivity contribution in [2.45, 2.75) is 13.0 Å². The van der Waals surface area contributed by atoms with Crippen molar-refractivity contribution in [3.63, 3.8) is 0 Å². The van der Waals surface area contributed by atoms with Crippen molar-refractivity contribution in [1.29, 1.82) is 0 Å². The number of nitrogens with zero attached hydrogens (tertiary/aromatic N) is 1. The molecule has 0 saturated heterocycles. The summed E-state index contributed by atoms with van der Waals surface area (Å²) < 4.78 is 5.09. The van der Waals surface area contributed by atoms with Gasteiger partial charge in [-0.2, -0.15) is 0 Å². The molecule has 1 aromatic carbocycles. The number of hydrogen-bond donors (Lipinski definition) is 1. The monoisotopic (exact) mass is 276 g/mol. The number of methoxy groups -OCH3 is 1. The summed E-state index contributed by atoms with van der Waals surface area (Å²) >= 11 is 5.85. The minimum Gasteiger partial charge on any atom is -0.481 e. The summed E-state index contributed by atoms with van der Waals surface area (Å²) in [5.74, 6) is 0.650. The lowest BCUT2D eigenvalue weighted by Gasteiger charge is -2.06. The zero-order valence-corrected chi connectivity index (χ0v) is 11.7. The van der Waals surface area contributed by atoms with Gasteiger partial charge >= 0.3 is 0 Å². The Morgan fingerprint density at radius 3 is 2.68 bits per heavy atom. The molecule has 1 heterocycles. The maximum atomic E-state index is 5.85. The highest BCUT2D eigenvalue weighted by Gasteiger charge is 1.98. The van der Waals surface area contributed by atoms with Crippen LogP contribution < -0.4 is 10.1 Å². The lowest BCUT2D eigenvalue weighted by molar-refractivity contribution is 0.395. The van der Waals surface area contributed by atoms with Crippen LogP contribution in [-0.4, -0.2) is 18.6 Å². The molecule has 0 amide bonds. The van der Waals surface area contributed by atoms with Crippen molar-refractivity contribution >= 4 is 11.6 Å². The van der Waals surface area contributed by atoms with Gasteiger partial charge in [-0.25, -0.2) is 4.98 Å². The van der Waals surface area contributed by atoms with Gasteiger partial charge in [-0.3, -0.25) is 0 Å². The highest BCUT2D eigenvalue weighted by Crippen LogP contribution is 2.10. The van der Waals surface area contributed by atoms with Crippen LogP contribution in [0.25, 0.3) is 0 Å². The Balaban J connectivity index is 1.75. The minimum absolute atomic E-state index is 0.650. The smallest absolute Gasteiger partial charge is 0.213 e. The summed E-state index contributed by atoms with van der Waals surface area (Å²) in [6, 6.07) is 13.7. The van der Waals surface area contributed by atoms with Crippen molar-refractivity contribution < 1.29 is 4.74 Å². The van der Waals surface area contributed by atoms with Gasteiger partial charge in [0, 0.05) is 17.6 Å². The van der Waals surface area contributed by atoms with Crippen molar-refractivity contribution in [2.24, 2.45) is 0 Å². The summed E-state index contributed by atoms with van der Waals surface area (Å²) in [6.45, 7) is 1.64. The lowest BCUT2D eigenvalue weighted by Crippen LogP contribution is -2.17. The molecule has 1 aromatic heterocycles. The average molecular weight is 277 g/mol. The Hall–Kier alpha value is -1.58. The van der Waals surface area contributed by atoms with Gasteiger partial charge in [-0.1, -0.05) is 29.8 Å². The van der Waals surface area contributed by atoms with E-state index in [0.717, 1.165) is 30.2 Å². The molecule has 0 radical (unpaired) electrons. The molecule has 100 valence electrons. The molecule has 0 aliphatic carbocycles. The van der Waals surface area contributed by atoms with Gasteiger partial charge in [0.1, 0.15) is 0 Å². The largest absolute Gasteiger partial charge is 0.481 e. The second-order valence-corrected chi connectivity index (χ2v) is 4.66. The zero-order valence-electron chi connectivity index (χ0n) is 10.9. The van der Waals surface area contributed by atoms with Crippen LogP contribution in [0.5, 0.6) is 5.88 Å². The Kier molecular flexibility index (Phi) is 5.19. The molecule has 2 rings (SSSR count). The summed E-state index contributed by atoms with van der Waals surface area (Å²) in [6.07, 6.45) is 0.973. The van der Waals surface area contributed by atoms with Crippen LogP contribution in [0.1, 0.15) is 11.3 Å². The second kappa shape index (κ2) is 7.12. The number of hydrogen-bond acceptors (Lipinski definition) is 3. The SMILES string of the molecule is COc1cccc(CNCCc2ccc(Cl)cc2)n1. The maximum Gasteiger partial charge on any atom is 0.213 e. The van der Waals surface area contributed by atoms with E-state index in [9.17, 15) is 0 Å². The first-order chi connectivity index (χ1) is 9.28. The van der Waals surface area contributed by atoms with E-state index in [1.54, 1.807) is 7.11 Å². The molecule has 2 aromatic rings. The van der Waals surface area contributed by atoms with E-state index < -0.39 is 0 Å². The van der Waals surface area contributed by atoms with Crippen LogP contribution in [0, 0.1) is 0 Å². The topological polar surface area (TPSA) is 34.1 Å². The summed E-state index contributed by atoms with van der Waals surface area (Å²) in [5, 5.41) is 4.14. The van der Waals surface area contributed by atoms with Gasteiger partial charge in [0.25, 0.3) is 0 Å². The fourth-order valence-corrected chi connectivity index (χ4v) is 1.90. The summed E-state index contributed by atoms with van der Waals surface area (Å²) in [5.41, 5.74) is 2.26. The Labute approximate surface area is 118 Å². The molecule has 1 N–H and O–H groups in total.